The van der Waals surface area contributed by atoms with Crippen LogP contribution < -0.4 is 5.32 Å². The number of aryl methyl sites for hydroxylation is 2. The Bertz CT molecular complexity index is 1070. The van der Waals surface area contributed by atoms with Gasteiger partial charge in [0.25, 0.3) is 0 Å². The monoisotopic (exact) mass is 478 g/mol. The molecule has 3 rings (SSSR count). The van der Waals surface area contributed by atoms with Crippen LogP contribution in [0.3, 0.4) is 0 Å². The molecule has 0 radical (unpaired) electrons. The number of hydrogen-bond donors (Lipinski definition) is 1. The Balaban J connectivity index is 1.72. The Kier molecular flexibility index (Phi) is 7.90. The molecule has 7 nitrogen and oxygen atoms in total. The standard InChI is InChI=1S/C21H26N4O3S3/c1-6-7-15-9-14(10-29-15)18-23-24-21(25(18)12(2)3)30-11-17(26)22-19-16(20(27)28-5)8-13(4)31-19/h8-10,12H,6-7,11H2,1-5H3,(H,22,26). The van der Waals surface area contributed by atoms with E-state index in [1.807, 2.05) is 6.92 Å². The highest BCUT2D eigenvalue weighted by atomic mass is 32.2. The van der Waals surface area contributed by atoms with Crippen molar-refractivity contribution in [2.75, 3.05) is 18.2 Å². The Morgan fingerprint density at radius 2 is 2.06 bits per heavy atom. The summed E-state index contributed by atoms with van der Waals surface area (Å²) in [6.07, 6.45) is 2.16. The highest BCUT2D eigenvalue weighted by Crippen LogP contribution is 2.32. The lowest BCUT2D eigenvalue weighted by Crippen LogP contribution is -2.16. The molecule has 3 aromatic heterocycles. The van der Waals surface area contributed by atoms with Crippen molar-refractivity contribution in [1.82, 2.24) is 14.8 Å². The smallest absolute Gasteiger partial charge is 0.340 e. The molecule has 0 aliphatic carbocycles. The van der Waals surface area contributed by atoms with Crippen LogP contribution in [0, 0.1) is 6.92 Å². The van der Waals surface area contributed by atoms with E-state index < -0.39 is 5.97 Å². The summed E-state index contributed by atoms with van der Waals surface area (Å²) in [7, 11) is 1.33. The van der Waals surface area contributed by atoms with Crippen LogP contribution in [0.2, 0.25) is 0 Å². The number of rotatable bonds is 9. The first-order valence-electron chi connectivity index (χ1n) is 9.98. The van der Waals surface area contributed by atoms with Crippen molar-refractivity contribution in [2.24, 2.45) is 0 Å². The highest BCUT2D eigenvalue weighted by Gasteiger charge is 2.21. The lowest BCUT2D eigenvalue weighted by Gasteiger charge is -2.13. The van der Waals surface area contributed by atoms with Crippen LogP contribution in [0.25, 0.3) is 11.4 Å². The van der Waals surface area contributed by atoms with E-state index in [-0.39, 0.29) is 17.7 Å². The van der Waals surface area contributed by atoms with Crippen LogP contribution >= 0.6 is 34.4 Å². The average molecular weight is 479 g/mol. The molecule has 0 unspecified atom stereocenters. The van der Waals surface area contributed by atoms with E-state index in [9.17, 15) is 9.59 Å². The molecule has 1 N–H and O–H groups in total. The van der Waals surface area contributed by atoms with Crippen LogP contribution in [-0.4, -0.2) is 39.5 Å². The average Bonchev–Trinajstić information content (AvgIpc) is 3.44. The van der Waals surface area contributed by atoms with Crippen molar-refractivity contribution in [1.29, 1.82) is 0 Å². The van der Waals surface area contributed by atoms with Gasteiger partial charge in [0.15, 0.2) is 11.0 Å². The summed E-state index contributed by atoms with van der Waals surface area (Å²) in [5.41, 5.74) is 1.43. The summed E-state index contributed by atoms with van der Waals surface area (Å²) < 4.78 is 6.86. The minimum atomic E-state index is -0.463. The number of thioether (sulfide) groups is 1. The minimum Gasteiger partial charge on any atom is -0.465 e. The number of thiophene rings is 2. The maximum atomic E-state index is 12.6. The van der Waals surface area contributed by atoms with Gasteiger partial charge < -0.3 is 10.1 Å². The second-order valence-electron chi connectivity index (χ2n) is 7.25. The minimum absolute atomic E-state index is 0.149. The third-order valence-electron chi connectivity index (χ3n) is 4.44. The zero-order valence-corrected chi connectivity index (χ0v) is 20.7. The number of nitrogens with one attached hydrogen (secondary N) is 1. The molecule has 0 aliphatic heterocycles. The number of hydrogen-bond acceptors (Lipinski definition) is 8. The normalized spacial score (nSPS) is 11.2. The third-order valence-corrected chi connectivity index (χ3v) is 7.34. The van der Waals surface area contributed by atoms with Gasteiger partial charge in [-0.3, -0.25) is 9.36 Å². The predicted molar refractivity (Wildman–Crippen MR) is 127 cm³/mol. The zero-order chi connectivity index (χ0) is 22.5. The molecule has 0 spiro atoms. The van der Waals surface area contributed by atoms with Crippen molar-refractivity contribution in [3.63, 3.8) is 0 Å². The van der Waals surface area contributed by atoms with Crippen molar-refractivity contribution in [3.05, 3.63) is 32.8 Å². The molecule has 31 heavy (non-hydrogen) atoms. The number of esters is 1. The molecular weight excluding hydrogens is 452 g/mol. The first-order chi connectivity index (χ1) is 14.8. The first kappa shape index (κ1) is 23.5. The van der Waals surface area contributed by atoms with E-state index in [0.717, 1.165) is 29.1 Å². The fraction of sp³-hybridized carbons (Fsp3) is 0.429. The summed E-state index contributed by atoms with van der Waals surface area (Å²) in [6, 6.07) is 4.04. The lowest BCUT2D eigenvalue weighted by molar-refractivity contribution is -0.113. The number of methoxy groups -OCH3 is 1. The highest BCUT2D eigenvalue weighted by molar-refractivity contribution is 7.99. The number of nitrogens with zero attached hydrogens (tertiary/aromatic N) is 3. The molecule has 0 aromatic carbocycles. The number of carbonyl (C=O) groups excluding carboxylic acids is 2. The topological polar surface area (TPSA) is 86.1 Å². The van der Waals surface area contributed by atoms with Crippen LogP contribution in [0.4, 0.5) is 5.00 Å². The molecule has 3 heterocycles. The Morgan fingerprint density at radius 1 is 1.29 bits per heavy atom. The van der Waals surface area contributed by atoms with Crippen molar-refractivity contribution < 1.29 is 14.3 Å². The summed E-state index contributed by atoms with van der Waals surface area (Å²) in [6.45, 7) is 8.20. The molecule has 0 aliphatic rings. The Morgan fingerprint density at radius 3 is 2.74 bits per heavy atom. The van der Waals surface area contributed by atoms with Gasteiger partial charge in [0, 0.05) is 26.7 Å². The van der Waals surface area contributed by atoms with Gasteiger partial charge in [-0.1, -0.05) is 25.1 Å². The summed E-state index contributed by atoms with van der Waals surface area (Å²) >= 11 is 4.42. The molecule has 0 bridgehead atoms. The second-order valence-corrected chi connectivity index (χ2v) is 10.4. The van der Waals surface area contributed by atoms with Gasteiger partial charge in [0.05, 0.1) is 18.4 Å². The molecule has 10 heteroatoms. The van der Waals surface area contributed by atoms with Crippen LogP contribution in [0.5, 0.6) is 0 Å². The molecular formula is C21H26N4O3S3. The van der Waals surface area contributed by atoms with Gasteiger partial charge in [-0.05, 0) is 39.3 Å². The van der Waals surface area contributed by atoms with Crippen LogP contribution in [0.15, 0.2) is 22.7 Å². The lowest BCUT2D eigenvalue weighted by atomic mass is 10.2. The van der Waals surface area contributed by atoms with Crippen LogP contribution in [0.1, 0.15) is 53.3 Å². The predicted octanol–water partition coefficient (Wildman–Crippen LogP) is 5.43. The van der Waals surface area contributed by atoms with Gasteiger partial charge in [-0.25, -0.2) is 4.79 Å². The largest absolute Gasteiger partial charge is 0.465 e. The molecule has 166 valence electrons. The summed E-state index contributed by atoms with van der Waals surface area (Å²) in [4.78, 5) is 26.7. The molecule has 1 amide bonds. The van der Waals surface area contributed by atoms with Crippen molar-refractivity contribution in [3.8, 4) is 11.4 Å². The van der Waals surface area contributed by atoms with Gasteiger partial charge in [0.2, 0.25) is 5.91 Å². The van der Waals surface area contributed by atoms with E-state index in [0.29, 0.717) is 15.7 Å². The quantitative estimate of drug-likeness (QED) is 0.326. The number of ether oxygens (including phenoxy) is 1. The Labute approximate surface area is 194 Å². The maximum absolute atomic E-state index is 12.6. The first-order valence-corrected chi connectivity index (χ1v) is 12.7. The van der Waals surface area contributed by atoms with E-state index >= 15 is 0 Å². The van der Waals surface area contributed by atoms with Gasteiger partial charge >= 0.3 is 5.97 Å². The Hall–Kier alpha value is -2.17. The number of aromatic nitrogens is 3. The van der Waals surface area contributed by atoms with Gasteiger partial charge in [0.1, 0.15) is 5.00 Å². The summed E-state index contributed by atoms with van der Waals surface area (Å²) in [5, 5.41) is 14.9. The zero-order valence-electron chi connectivity index (χ0n) is 18.2. The number of amides is 1. The number of carbonyl (C=O) groups is 2. The molecule has 0 saturated carbocycles. The van der Waals surface area contributed by atoms with E-state index in [2.05, 4.69) is 52.3 Å². The van der Waals surface area contributed by atoms with Crippen molar-refractivity contribution in [2.45, 2.75) is 51.7 Å². The molecule has 3 aromatic rings. The van der Waals surface area contributed by atoms with E-state index in [1.54, 1.807) is 17.4 Å². The SMILES string of the molecule is CCCc1cc(-c2nnc(SCC(=O)Nc3sc(C)cc3C(=O)OC)n2C(C)C)cs1. The van der Waals surface area contributed by atoms with Gasteiger partial charge in [-0.15, -0.1) is 32.9 Å². The fourth-order valence-electron chi connectivity index (χ4n) is 3.07. The van der Waals surface area contributed by atoms with Gasteiger partial charge in [-0.2, -0.15) is 0 Å². The fourth-order valence-corrected chi connectivity index (χ4v) is 5.83. The van der Waals surface area contributed by atoms with E-state index in [1.165, 1.54) is 35.1 Å². The second kappa shape index (κ2) is 10.4. The maximum Gasteiger partial charge on any atom is 0.340 e. The number of anilines is 1. The summed E-state index contributed by atoms with van der Waals surface area (Å²) in [5.74, 6) is 0.304. The molecule has 0 atom stereocenters. The van der Waals surface area contributed by atoms with E-state index in [4.69, 9.17) is 4.74 Å². The third kappa shape index (κ3) is 5.55. The van der Waals surface area contributed by atoms with Crippen LogP contribution in [-0.2, 0) is 16.0 Å². The molecule has 0 fully saturated rings. The molecule has 0 saturated heterocycles. The van der Waals surface area contributed by atoms with Crippen molar-refractivity contribution >= 4 is 51.3 Å².